The number of aryl methyl sites for hydroxylation is 1. The lowest BCUT2D eigenvalue weighted by atomic mass is 9.86. The van der Waals surface area contributed by atoms with Gasteiger partial charge >= 0.3 is 5.97 Å². The highest BCUT2D eigenvalue weighted by molar-refractivity contribution is 6.08. The van der Waals surface area contributed by atoms with Crippen molar-refractivity contribution in [1.29, 1.82) is 0 Å². The first-order valence-electron chi connectivity index (χ1n) is 10.1. The monoisotopic (exact) mass is 414 g/mol. The Balaban J connectivity index is 0.00000240. The molecule has 2 aliphatic heterocycles. The van der Waals surface area contributed by atoms with E-state index in [1.165, 1.54) is 5.56 Å². The molecule has 2 aromatic carbocycles. The quantitative estimate of drug-likeness (QED) is 0.780. The maximum atomic E-state index is 13.2. The van der Waals surface area contributed by atoms with E-state index in [4.69, 9.17) is 5.11 Å². The molecule has 0 saturated carbocycles. The Morgan fingerprint density at radius 2 is 1.83 bits per heavy atom. The Kier molecular flexibility index (Phi) is 6.93. The van der Waals surface area contributed by atoms with E-state index in [0.29, 0.717) is 18.9 Å². The number of hydrogen-bond donors (Lipinski definition) is 2. The first kappa shape index (κ1) is 21.3. The number of carbonyl (C=O) groups excluding carboxylic acids is 1. The van der Waals surface area contributed by atoms with Crippen molar-refractivity contribution in [2.75, 3.05) is 24.5 Å². The number of carboxylic acid groups (broad SMARTS) is 1. The third-order valence-corrected chi connectivity index (χ3v) is 5.90. The Morgan fingerprint density at radius 3 is 2.52 bits per heavy atom. The number of benzene rings is 2. The summed E-state index contributed by atoms with van der Waals surface area (Å²) in [5.74, 6) is -0.199. The fourth-order valence-corrected chi connectivity index (χ4v) is 4.24. The summed E-state index contributed by atoms with van der Waals surface area (Å²) in [5, 5.41) is 12.2. The van der Waals surface area contributed by atoms with Crippen molar-refractivity contribution >= 4 is 30.0 Å². The molecule has 4 rings (SSSR count). The van der Waals surface area contributed by atoms with Crippen molar-refractivity contribution in [3.05, 3.63) is 64.7 Å². The number of carboxylic acids is 1. The molecule has 0 aliphatic carbocycles. The van der Waals surface area contributed by atoms with E-state index >= 15 is 0 Å². The molecular formula is C23H27ClN2O3. The Labute approximate surface area is 177 Å². The van der Waals surface area contributed by atoms with Gasteiger partial charge in [0.25, 0.3) is 5.91 Å². The van der Waals surface area contributed by atoms with Gasteiger partial charge in [0, 0.05) is 24.2 Å². The molecule has 5 nitrogen and oxygen atoms in total. The fraction of sp³-hybridized carbons (Fsp3) is 0.391. The number of rotatable bonds is 5. The summed E-state index contributed by atoms with van der Waals surface area (Å²) in [5.41, 5.74) is 5.10. The van der Waals surface area contributed by atoms with Crippen molar-refractivity contribution in [2.45, 2.75) is 38.0 Å². The molecule has 2 aromatic rings. The number of nitrogens with zero attached hydrogens (tertiary/aromatic N) is 1. The molecule has 2 N–H and O–H groups in total. The molecule has 2 aliphatic rings. The highest BCUT2D eigenvalue weighted by Gasteiger charge is 2.27. The molecule has 0 atom stereocenters. The SMILES string of the molecule is Cl.O=C(O)CCc1ccc(N2CCc3ccc(C4CCNCC4)cc3C2=O)cc1. The first-order chi connectivity index (χ1) is 13.6. The van der Waals surface area contributed by atoms with Crippen LogP contribution in [0.1, 0.15) is 52.2 Å². The van der Waals surface area contributed by atoms with Crippen molar-refractivity contribution < 1.29 is 14.7 Å². The maximum absolute atomic E-state index is 13.2. The van der Waals surface area contributed by atoms with Gasteiger partial charge in [-0.3, -0.25) is 9.59 Å². The van der Waals surface area contributed by atoms with Crippen molar-refractivity contribution in [3.8, 4) is 0 Å². The second-order valence-corrected chi connectivity index (χ2v) is 7.71. The lowest BCUT2D eigenvalue weighted by molar-refractivity contribution is -0.136. The fourth-order valence-electron chi connectivity index (χ4n) is 4.24. The van der Waals surface area contributed by atoms with Gasteiger partial charge in [-0.15, -0.1) is 12.4 Å². The Morgan fingerprint density at radius 1 is 1.10 bits per heavy atom. The van der Waals surface area contributed by atoms with E-state index in [9.17, 15) is 9.59 Å². The molecule has 0 radical (unpaired) electrons. The summed E-state index contributed by atoms with van der Waals surface area (Å²) in [6.45, 7) is 2.75. The minimum atomic E-state index is -0.795. The van der Waals surface area contributed by atoms with E-state index in [0.717, 1.165) is 54.7 Å². The van der Waals surface area contributed by atoms with Gasteiger partial charge in [-0.25, -0.2) is 0 Å². The number of piperidine rings is 1. The molecule has 1 fully saturated rings. The highest BCUT2D eigenvalue weighted by atomic mass is 35.5. The predicted molar refractivity (Wildman–Crippen MR) is 116 cm³/mol. The predicted octanol–water partition coefficient (Wildman–Crippen LogP) is 3.80. The minimum absolute atomic E-state index is 0. The summed E-state index contributed by atoms with van der Waals surface area (Å²) in [6.07, 6.45) is 3.72. The van der Waals surface area contributed by atoms with Gasteiger partial charge < -0.3 is 15.3 Å². The number of amides is 1. The van der Waals surface area contributed by atoms with Crippen LogP contribution in [-0.4, -0.2) is 36.6 Å². The van der Waals surface area contributed by atoms with E-state index in [2.05, 4.69) is 23.5 Å². The Hall–Kier alpha value is -2.37. The van der Waals surface area contributed by atoms with E-state index in [1.54, 1.807) is 0 Å². The van der Waals surface area contributed by atoms with Crippen LogP contribution in [0.4, 0.5) is 5.69 Å². The van der Waals surface area contributed by atoms with Crippen LogP contribution >= 0.6 is 12.4 Å². The van der Waals surface area contributed by atoms with Gasteiger partial charge in [-0.05, 0) is 79.6 Å². The van der Waals surface area contributed by atoms with Crippen LogP contribution in [0.3, 0.4) is 0 Å². The molecule has 0 aromatic heterocycles. The van der Waals surface area contributed by atoms with Crippen LogP contribution in [-0.2, 0) is 17.6 Å². The van der Waals surface area contributed by atoms with E-state index in [-0.39, 0.29) is 24.7 Å². The number of nitrogens with one attached hydrogen (secondary N) is 1. The molecular weight excluding hydrogens is 388 g/mol. The van der Waals surface area contributed by atoms with Crippen LogP contribution in [0.15, 0.2) is 42.5 Å². The largest absolute Gasteiger partial charge is 0.481 e. The van der Waals surface area contributed by atoms with Crippen molar-refractivity contribution in [1.82, 2.24) is 5.32 Å². The van der Waals surface area contributed by atoms with Gasteiger partial charge in [0.05, 0.1) is 0 Å². The van der Waals surface area contributed by atoms with Crippen LogP contribution in [0.25, 0.3) is 0 Å². The zero-order chi connectivity index (χ0) is 19.5. The van der Waals surface area contributed by atoms with Crippen molar-refractivity contribution in [2.24, 2.45) is 0 Å². The van der Waals surface area contributed by atoms with Gasteiger partial charge in [0.1, 0.15) is 0 Å². The smallest absolute Gasteiger partial charge is 0.303 e. The van der Waals surface area contributed by atoms with Crippen LogP contribution in [0.5, 0.6) is 0 Å². The number of halogens is 1. The van der Waals surface area contributed by atoms with Crippen LogP contribution in [0.2, 0.25) is 0 Å². The summed E-state index contributed by atoms with van der Waals surface area (Å²) < 4.78 is 0. The molecule has 2 heterocycles. The molecule has 154 valence electrons. The molecule has 29 heavy (non-hydrogen) atoms. The lowest BCUT2D eigenvalue weighted by Gasteiger charge is -2.30. The normalized spacial score (nSPS) is 16.8. The molecule has 0 spiro atoms. The number of aliphatic carboxylic acids is 1. The average Bonchev–Trinajstić information content (AvgIpc) is 2.73. The molecule has 0 unspecified atom stereocenters. The second kappa shape index (κ2) is 9.42. The van der Waals surface area contributed by atoms with Gasteiger partial charge in [-0.2, -0.15) is 0 Å². The van der Waals surface area contributed by atoms with E-state index in [1.807, 2.05) is 29.2 Å². The number of anilines is 1. The van der Waals surface area contributed by atoms with Crippen LogP contribution in [0, 0.1) is 0 Å². The summed E-state index contributed by atoms with van der Waals surface area (Å²) >= 11 is 0. The number of fused-ring (bicyclic) bond motifs is 1. The van der Waals surface area contributed by atoms with E-state index < -0.39 is 5.97 Å². The Bertz CT molecular complexity index is 876. The standard InChI is InChI=1S/C23H26N2O3.ClH/c26-22(27)8-3-16-1-6-20(7-2-16)25-14-11-18-4-5-19(15-21(18)23(25)28)17-9-12-24-13-10-17;/h1-2,4-7,15,17,24H,3,8-14H2,(H,26,27);1H. The molecule has 1 amide bonds. The highest BCUT2D eigenvalue weighted by Crippen LogP contribution is 2.30. The second-order valence-electron chi connectivity index (χ2n) is 7.71. The third-order valence-electron chi connectivity index (χ3n) is 5.90. The summed E-state index contributed by atoms with van der Waals surface area (Å²) in [6, 6.07) is 14.2. The number of hydrogen-bond acceptors (Lipinski definition) is 3. The molecule has 6 heteroatoms. The first-order valence-corrected chi connectivity index (χ1v) is 10.1. The maximum Gasteiger partial charge on any atom is 0.303 e. The topological polar surface area (TPSA) is 69.6 Å². The minimum Gasteiger partial charge on any atom is -0.481 e. The number of carbonyl (C=O) groups is 2. The van der Waals surface area contributed by atoms with Crippen molar-refractivity contribution in [3.63, 3.8) is 0 Å². The zero-order valence-corrected chi connectivity index (χ0v) is 17.2. The van der Waals surface area contributed by atoms with Gasteiger partial charge in [-0.1, -0.05) is 24.3 Å². The summed E-state index contributed by atoms with van der Waals surface area (Å²) in [7, 11) is 0. The summed E-state index contributed by atoms with van der Waals surface area (Å²) in [4.78, 5) is 25.8. The zero-order valence-electron chi connectivity index (χ0n) is 16.4. The lowest BCUT2D eigenvalue weighted by Crippen LogP contribution is -2.37. The molecule has 1 saturated heterocycles. The average molecular weight is 415 g/mol. The molecule has 0 bridgehead atoms. The van der Waals surface area contributed by atoms with Gasteiger partial charge in [0.15, 0.2) is 0 Å². The third kappa shape index (κ3) is 4.80. The van der Waals surface area contributed by atoms with Gasteiger partial charge in [0.2, 0.25) is 0 Å². The van der Waals surface area contributed by atoms with Crippen LogP contribution < -0.4 is 10.2 Å².